The molecular formula is C25H30N8O. The fourth-order valence-corrected chi connectivity index (χ4v) is 4.29. The number of amides is 1. The van der Waals surface area contributed by atoms with Crippen LogP contribution in [0.25, 0.3) is 11.3 Å². The van der Waals surface area contributed by atoms with E-state index < -0.39 is 0 Å². The Morgan fingerprint density at radius 1 is 0.794 bits per heavy atom. The van der Waals surface area contributed by atoms with Crippen molar-refractivity contribution in [2.45, 2.75) is 13.0 Å². The standard InChI is InChI=1S/C25H30N8O/c34-25-18-33-13-11-32(12-14-33)17-19-3-1-4-21(15-19)29-24-16-20(7-10-27-24)22-5-6-23(31-30-22)26-8-2-9-28-25/h1,3-7,10,15-16H,2,8-9,11-14,17-18H2,(H,26,31)(H,27,29)(H,28,34). The zero-order valence-electron chi connectivity index (χ0n) is 19.2. The van der Waals surface area contributed by atoms with E-state index in [9.17, 15) is 4.79 Å². The second-order valence-electron chi connectivity index (χ2n) is 8.74. The average Bonchev–Trinajstić information content (AvgIpc) is 2.85. The number of benzene rings is 1. The van der Waals surface area contributed by atoms with Gasteiger partial charge in [0.15, 0.2) is 0 Å². The number of nitrogens with zero attached hydrogens (tertiary/aromatic N) is 5. The van der Waals surface area contributed by atoms with Crippen LogP contribution in [0.4, 0.5) is 17.3 Å². The third-order valence-electron chi connectivity index (χ3n) is 6.14. The molecule has 0 aliphatic carbocycles. The molecule has 5 aliphatic rings. The molecular weight excluding hydrogens is 428 g/mol. The minimum atomic E-state index is 0.0881. The zero-order valence-corrected chi connectivity index (χ0v) is 19.2. The van der Waals surface area contributed by atoms with E-state index in [1.54, 1.807) is 6.20 Å². The summed E-state index contributed by atoms with van der Waals surface area (Å²) >= 11 is 0. The van der Waals surface area contributed by atoms with Gasteiger partial charge in [-0.05, 0) is 48.4 Å². The first-order chi connectivity index (χ1) is 16.7. The van der Waals surface area contributed by atoms with Crippen molar-refractivity contribution < 1.29 is 4.79 Å². The summed E-state index contributed by atoms with van der Waals surface area (Å²) in [5.74, 6) is 1.57. The van der Waals surface area contributed by atoms with Gasteiger partial charge in [0.1, 0.15) is 11.6 Å². The lowest BCUT2D eigenvalue weighted by Crippen LogP contribution is -2.49. The van der Waals surface area contributed by atoms with Gasteiger partial charge < -0.3 is 16.0 Å². The highest BCUT2D eigenvalue weighted by molar-refractivity contribution is 5.78. The van der Waals surface area contributed by atoms with Gasteiger partial charge in [-0.15, -0.1) is 10.2 Å². The van der Waals surface area contributed by atoms with Crippen LogP contribution in [0.2, 0.25) is 0 Å². The lowest BCUT2D eigenvalue weighted by atomic mass is 10.1. The van der Waals surface area contributed by atoms with Gasteiger partial charge in [-0.2, -0.15) is 0 Å². The van der Waals surface area contributed by atoms with E-state index >= 15 is 0 Å². The van der Waals surface area contributed by atoms with E-state index in [-0.39, 0.29) is 5.91 Å². The number of rotatable bonds is 0. The Kier molecular flexibility index (Phi) is 6.92. The minimum Gasteiger partial charge on any atom is -0.369 e. The summed E-state index contributed by atoms with van der Waals surface area (Å²) in [6, 6.07) is 16.2. The van der Waals surface area contributed by atoms with Crippen molar-refractivity contribution >= 4 is 23.2 Å². The number of carbonyl (C=O) groups excluding carboxylic acids is 1. The predicted molar refractivity (Wildman–Crippen MR) is 133 cm³/mol. The second kappa shape index (κ2) is 10.6. The van der Waals surface area contributed by atoms with Crippen molar-refractivity contribution in [1.82, 2.24) is 30.3 Å². The molecule has 0 unspecified atom stereocenters. The maximum absolute atomic E-state index is 12.3. The molecule has 176 valence electrons. The summed E-state index contributed by atoms with van der Waals surface area (Å²) in [5, 5.41) is 18.4. The predicted octanol–water partition coefficient (Wildman–Crippen LogP) is 2.33. The van der Waals surface area contributed by atoms with Crippen molar-refractivity contribution in [3.8, 4) is 11.3 Å². The smallest absolute Gasteiger partial charge is 0.234 e. The summed E-state index contributed by atoms with van der Waals surface area (Å²) in [6.45, 7) is 6.41. The Bertz CT molecular complexity index is 1110. The number of hydrogen-bond donors (Lipinski definition) is 3. The van der Waals surface area contributed by atoms with E-state index in [4.69, 9.17) is 0 Å². The zero-order chi connectivity index (χ0) is 23.2. The highest BCUT2D eigenvalue weighted by atomic mass is 16.2. The summed E-state index contributed by atoms with van der Waals surface area (Å²) < 4.78 is 0. The molecule has 7 heterocycles. The Morgan fingerprint density at radius 2 is 1.62 bits per heavy atom. The topological polar surface area (TPSA) is 98.3 Å². The monoisotopic (exact) mass is 458 g/mol. The van der Waals surface area contributed by atoms with Crippen LogP contribution in [0.15, 0.2) is 54.7 Å². The molecule has 0 radical (unpaired) electrons. The average molecular weight is 459 g/mol. The second-order valence-corrected chi connectivity index (χ2v) is 8.74. The van der Waals surface area contributed by atoms with E-state index in [2.05, 4.69) is 65.2 Å². The first-order valence-corrected chi connectivity index (χ1v) is 11.8. The summed E-state index contributed by atoms with van der Waals surface area (Å²) in [5.41, 5.74) is 3.99. The van der Waals surface area contributed by atoms with Crippen LogP contribution in [0.5, 0.6) is 0 Å². The molecule has 34 heavy (non-hydrogen) atoms. The molecule has 9 heteroatoms. The fourth-order valence-electron chi connectivity index (χ4n) is 4.29. The maximum Gasteiger partial charge on any atom is 0.234 e. The van der Waals surface area contributed by atoms with Crippen LogP contribution in [0.3, 0.4) is 0 Å². The van der Waals surface area contributed by atoms with E-state index in [0.29, 0.717) is 13.1 Å². The van der Waals surface area contributed by atoms with Crippen molar-refractivity contribution in [2.75, 3.05) is 56.4 Å². The number of aromatic nitrogens is 3. The number of nitrogens with one attached hydrogen (secondary N) is 3. The van der Waals surface area contributed by atoms with Gasteiger partial charge in [0, 0.05) is 63.3 Å². The molecule has 0 atom stereocenters. The van der Waals surface area contributed by atoms with Crippen molar-refractivity contribution in [2.24, 2.45) is 0 Å². The van der Waals surface area contributed by atoms with Gasteiger partial charge in [-0.3, -0.25) is 14.6 Å². The normalized spacial score (nSPS) is 21.2. The number of anilines is 3. The Morgan fingerprint density at radius 3 is 2.44 bits per heavy atom. The van der Waals surface area contributed by atoms with Crippen molar-refractivity contribution in [3.05, 3.63) is 60.3 Å². The van der Waals surface area contributed by atoms with Gasteiger partial charge in [0.2, 0.25) is 5.91 Å². The summed E-state index contributed by atoms with van der Waals surface area (Å²) in [6.07, 6.45) is 2.60. The van der Waals surface area contributed by atoms with Gasteiger partial charge in [0.05, 0.1) is 12.2 Å². The van der Waals surface area contributed by atoms with Gasteiger partial charge >= 0.3 is 0 Å². The van der Waals surface area contributed by atoms with E-state index in [1.165, 1.54) is 5.56 Å². The first-order valence-electron chi connectivity index (χ1n) is 11.8. The Balaban J connectivity index is 1.35. The summed E-state index contributed by atoms with van der Waals surface area (Å²) in [4.78, 5) is 21.5. The molecule has 2 aromatic heterocycles. The largest absolute Gasteiger partial charge is 0.369 e. The SMILES string of the molecule is O=C1CN2CCN(CC2)Cc2cccc(c2)Nc2cc(ccn2)-c2ccc(nn2)NCCCN1. The van der Waals surface area contributed by atoms with E-state index in [1.807, 2.05) is 24.3 Å². The minimum absolute atomic E-state index is 0.0881. The molecule has 3 aromatic rings. The molecule has 8 bridgehead atoms. The van der Waals surface area contributed by atoms with Crippen LogP contribution in [0, 0.1) is 0 Å². The molecule has 0 saturated carbocycles. The molecule has 1 fully saturated rings. The Hall–Kier alpha value is -3.56. The van der Waals surface area contributed by atoms with Gasteiger partial charge in [-0.25, -0.2) is 4.98 Å². The first kappa shape index (κ1) is 22.2. The van der Waals surface area contributed by atoms with Crippen LogP contribution in [-0.2, 0) is 11.3 Å². The van der Waals surface area contributed by atoms with Crippen LogP contribution in [-0.4, -0.2) is 76.7 Å². The maximum atomic E-state index is 12.3. The number of carbonyl (C=O) groups is 1. The van der Waals surface area contributed by atoms with Crippen molar-refractivity contribution in [1.29, 1.82) is 0 Å². The molecule has 0 spiro atoms. The lowest BCUT2D eigenvalue weighted by Gasteiger charge is -2.34. The molecule has 1 amide bonds. The molecule has 5 aliphatic heterocycles. The quantitative estimate of drug-likeness (QED) is 0.472. The summed E-state index contributed by atoms with van der Waals surface area (Å²) in [7, 11) is 0. The van der Waals surface area contributed by atoms with Crippen LogP contribution in [0.1, 0.15) is 12.0 Å². The third-order valence-corrected chi connectivity index (χ3v) is 6.14. The number of piperazine rings is 1. The molecule has 1 saturated heterocycles. The fraction of sp³-hybridized carbons (Fsp3) is 0.360. The lowest BCUT2D eigenvalue weighted by molar-refractivity contribution is -0.122. The third kappa shape index (κ3) is 5.86. The van der Waals surface area contributed by atoms with Gasteiger partial charge in [-0.1, -0.05) is 12.1 Å². The van der Waals surface area contributed by atoms with Crippen LogP contribution < -0.4 is 16.0 Å². The Labute approximate surface area is 199 Å². The molecule has 8 rings (SSSR count). The van der Waals surface area contributed by atoms with Crippen molar-refractivity contribution in [3.63, 3.8) is 0 Å². The number of hydrogen-bond acceptors (Lipinski definition) is 8. The van der Waals surface area contributed by atoms with Gasteiger partial charge in [0.25, 0.3) is 0 Å². The van der Waals surface area contributed by atoms with E-state index in [0.717, 1.165) is 74.3 Å². The molecule has 1 aromatic carbocycles. The molecule has 3 N–H and O–H groups in total. The molecule has 9 nitrogen and oxygen atoms in total. The highest BCUT2D eigenvalue weighted by Gasteiger charge is 2.19. The van der Waals surface area contributed by atoms with Crippen LogP contribution >= 0.6 is 0 Å². The number of pyridine rings is 1. The highest BCUT2D eigenvalue weighted by Crippen LogP contribution is 2.23.